The smallest absolute Gasteiger partial charge is 0.335 e. The van der Waals surface area contributed by atoms with Crippen LogP contribution in [0.15, 0.2) is 76.8 Å². The number of barbiturate groups is 1. The zero-order valence-electron chi connectivity index (χ0n) is 23.8. The van der Waals surface area contributed by atoms with Gasteiger partial charge >= 0.3 is 6.03 Å². The van der Waals surface area contributed by atoms with E-state index >= 15 is 0 Å². The molecule has 5 aliphatic rings. The van der Waals surface area contributed by atoms with E-state index in [9.17, 15) is 24.5 Å². The van der Waals surface area contributed by atoms with E-state index < -0.39 is 22.8 Å². The van der Waals surface area contributed by atoms with Gasteiger partial charge in [0.05, 0.1) is 10.6 Å². The number of carbonyl (C=O) groups is 3. The fourth-order valence-electron chi connectivity index (χ4n) is 8.16. The molecule has 1 N–H and O–H groups in total. The molecule has 10 heteroatoms. The summed E-state index contributed by atoms with van der Waals surface area (Å²) in [6.07, 6.45) is 9.07. The van der Waals surface area contributed by atoms with Crippen molar-refractivity contribution < 1.29 is 24.0 Å². The average Bonchev–Trinajstić information content (AvgIpc) is 2.98. The van der Waals surface area contributed by atoms with Crippen LogP contribution in [0.3, 0.4) is 0 Å². The second-order valence-corrected chi connectivity index (χ2v) is 13.5. The van der Waals surface area contributed by atoms with Crippen LogP contribution in [0.1, 0.15) is 55.2 Å². The largest absolute Gasteiger partial charge is 0.488 e. The van der Waals surface area contributed by atoms with Crippen molar-refractivity contribution in [1.29, 1.82) is 0 Å². The minimum Gasteiger partial charge on any atom is -0.488 e. The van der Waals surface area contributed by atoms with Crippen LogP contribution in [-0.2, 0) is 21.6 Å². The number of carbonyl (C=O) groups excluding carboxylic acids is 3. The van der Waals surface area contributed by atoms with Crippen molar-refractivity contribution >= 4 is 51.2 Å². The maximum Gasteiger partial charge on any atom is 0.335 e. The van der Waals surface area contributed by atoms with Gasteiger partial charge in [-0.05, 0) is 109 Å². The van der Waals surface area contributed by atoms with Gasteiger partial charge in [-0.15, -0.1) is 0 Å². The summed E-state index contributed by atoms with van der Waals surface area (Å²) in [6, 6.07) is 18.1. The standard InChI is InChI=1S/C34H30BrN3O6/c35-26-6-9-30(44-19-20-2-1-3-28(13-20)38(42)43)24(14-26)15-29-31(39)36-33(41)37(32(29)40)27-7-4-25(5-8-27)34-16-21-10-22(17-34)12-23(11-21)18-34/h1-9,13-15,21-23H,10-12,16-19H2,(H,36,39,41)/b29-15+. The molecule has 4 bridgehead atoms. The lowest BCUT2D eigenvalue weighted by Gasteiger charge is -2.57. The highest BCUT2D eigenvalue weighted by Gasteiger charge is 2.51. The van der Waals surface area contributed by atoms with E-state index in [0.29, 0.717) is 27.0 Å². The van der Waals surface area contributed by atoms with E-state index in [1.54, 1.807) is 30.3 Å². The third kappa shape index (κ3) is 5.21. The Kier molecular flexibility index (Phi) is 7.11. The lowest BCUT2D eigenvalue weighted by atomic mass is 9.48. The van der Waals surface area contributed by atoms with Crippen LogP contribution in [0.4, 0.5) is 16.2 Å². The first-order chi connectivity index (χ1) is 21.2. The molecule has 0 spiro atoms. The van der Waals surface area contributed by atoms with Crippen molar-refractivity contribution in [2.75, 3.05) is 4.90 Å². The van der Waals surface area contributed by atoms with Crippen molar-refractivity contribution in [2.45, 2.75) is 50.5 Å². The van der Waals surface area contributed by atoms with Crippen molar-refractivity contribution in [3.8, 4) is 5.75 Å². The minimum atomic E-state index is -0.800. The van der Waals surface area contributed by atoms with Gasteiger partial charge in [0.2, 0.25) is 0 Å². The molecule has 1 heterocycles. The Morgan fingerprint density at radius 3 is 2.30 bits per heavy atom. The molecule has 4 aliphatic carbocycles. The van der Waals surface area contributed by atoms with Gasteiger partial charge in [0.25, 0.3) is 17.5 Å². The number of rotatable bonds is 7. The number of nitrogens with one attached hydrogen (secondary N) is 1. The number of hydrogen-bond acceptors (Lipinski definition) is 6. The number of nitro benzene ring substituents is 1. The van der Waals surface area contributed by atoms with Crippen molar-refractivity contribution in [3.63, 3.8) is 0 Å². The first-order valence-electron chi connectivity index (χ1n) is 14.9. The molecule has 0 unspecified atom stereocenters. The second-order valence-electron chi connectivity index (χ2n) is 12.6. The van der Waals surface area contributed by atoms with Crippen molar-refractivity contribution in [3.05, 3.63) is 104 Å². The van der Waals surface area contributed by atoms with Crippen LogP contribution in [-0.4, -0.2) is 22.8 Å². The number of nitro groups is 1. The lowest BCUT2D eigenvalue weighted by molar-refractivity contribution is -0.384. The Bertz CT molecular complexity index is 1700. The van der Waals surface area contributed by atoms with Gasteiger partial charge in [0.15, 0.2) is 0 Å². The van der Waals surface area contributed by atoms with Gasteiger partial charge in [0, 0.05) is 22.2 Å². The molecule has 0 radical (unpaired) electrons. The summed E-state index contributed by atoms with van der Waals surface area (Å²) in [4.78, 5) is 51.2. The number of imide groups is 2. The van der Waals surface area contributed by atoms with Gasteiger partial charge in [-0.1, -0.05) is 40.2 Å². The monoisotopic (exact) mass is 655 g/mol. The molecule has 3 aromatic carbocycles. The molecular weight excluding hydrogens is 626 g/mol. The summed E-state index contributed by atoms with van der Waals surface area (Å²) in [5.41, 5.74) is 2.60. The van der Waals surface area contributed by atoms with Crippen LogP contribution >= 0.6 is 15.9 Å². The Morgan fingerprint density at radius 2 is 1.64 bits per heavy atom. The summed E-state index contributed by atoms with van der Waals surface area (Å²) in [7, 11) is 0. The molecule has 1 aliphatic heterocycles. The molecule has 9 nitrogen and oxygen atoms in total. The van der Waals surface area contributed by atoms with Gasteiger partial charge in [0.1, 0.15) is 17.9 Å². The van der Waals surface area contributed by atoms with Gasteiger partial charge in [-0.25, -0.2) is 9.69 Å². The molecule has 3 aromatic rings. The van der Waals surface area contributed by atoms with E-state index in [2.05, 4.69) is 33.4 Å². The maximum atomic E-state index is 13.7. The Labute approximate surface area is 262 Å². The molecule has 224 valence electrons. The number of amides is 4. The number of anilines is 1. The van der Waals surface area contributed by atoms with Gasteiger partial charge < -0.3 is 4.74 Å². The highest BCUT2D eigenvalue weighted by molar-refractivity contribution is 9.10. The molecule has 0 atom stereocenters. The molecule has 44 heavy (non-hydrogen) atoms. The number of urea groups is 1. The number of non-ortho nitro benzene ring substituents is 1. The summed E-state index contributed by atoms with van der Waals surface area (Å²) in [5.74, 6) is 1.22. The molecule has 1 saturated heterocycles. The minimum absolute atomic E-state index is 0.0281. The van der Waals surface area contributed by atoms with Crippen molar-refractivity contribution in [1.82, 2.24) is 5.32 Å². The highest BCUT2D eigenvalue weighted by Crippen LogP contribution is 2.60. The fraction of sp³-hybridized carbons (Fsp3) is 0.324. The summed E-state index contributed by atoms with van der Waals surface area (Å²) in [5, 5.41) is 13.5. The van der Waals surface area contributed by atoms with Crippen LogP contribution in [0.25, 0.3) is 6.08 Å². The Balaban J connectivity index is 1.14. The zero-order valence-corrected chi connectivity index (χ0v) is 25.4. The first-order valence-corrected chi connectivity index (χ1v) is 15.6. The number of ether oxygens (including phenoxy) is 1. The maximum absolute atomic E-state index is 13.7. The van der Waals surface area contributed by atoms with E-state index in [0.717, 1.165) is 22.7 Å². The van der Waals surface area contributed by atoms with Crippen LogP contribution < -0.4 is 15.0 Å². The molecular formula is C34H30BrN3O6. The molecule has 4 amide bonds. The van der Waals surface area contributed by atoms with E-state index in [1.165, 1.54) is 62.3 Å². The van der Waals surface area contributed by atoms with E-state index in [1.807, 2.05) is 12.1 Å². The average molecular weight is 657 g/mol. The number of hydrogen-bond donors (Lipinski definition) is 1. The fourth-order valence-corrected chi connectivity index (χ4v) is 8.54. The quantitative estimate of drug-likeness (QED) is 0.126. The predicted molar refractivity (Wildman–Crippen MR) is 167 cm³/mol. The summed E-state index contributed by atoms with van der Waals surface area (Å²) >= 11 is 3.43. The number of halogens is 1. The third-order valence-corrected chi connectivity index (χ3v) is 10.2. The summed E-state index contributed by atoms with van der Waals surface area (Å²) in [6.45, 7) is 0.0281. The van der Waals surface area contributed by atoms with E-state index in [-0.39, 0.29) is 23.3 Å². The SMILES string of the molecule is O=C1NC(=O)N(c2ccc(C34CC5CC(CC(C5)C3)C4)cc2)C(=O)/C1=C/c1cc(Br)ccc1OCc1cccc([N+](=O)[O-])c1. The topological polar surface area (TPSA) is 119 Å². The van der Waals surface area contributed by atoms with Crippen LogP contribution in [0.2, 0.25) is 0 Å². The van der Waals surface area contributed by atoms with Gasteiger partial charge in [-0.3, -0.25) is 25.0 Å². The third-order valence-electron chi connectivity index (χ3n) is 9.67. The zero-order chi connectivity index (χ0) is 30.6. The first kappa shape index (κ1) is 28.5. The molecule has 8 rings (SSSR count). The number of benzene rings is 3. The van der Waals surface area contributed by atoms with Gasteiger partial charge in [-0.2, -0.15) is 0 Å². The van der Waals surface area contributed by atoms with E-state index in [4.69, 9.17) is 4.74 Å². The Morgan fingerprint density at radius 1 is 0.955 bits per heavy atom. The predicted octanol–water partition coefficient (Wildman–Crippen LogP) is 7.07. The highest BCUT2D eigenvalue weighted by atomic mass is 79.9. The lowest BCUT2D eigenvalue weighted by Crippen LogP contribution is -2.54. The number of nitrogens with zero attached hydrogens (tertiary/aromatic N) is 2. The molecule has 5 fully saturated rings. The normalized spacial score (nSPS) is 26.7. The van der Waals surface area contributed by atoms with Crippen molar-refractivity contribution in [2.24, 2.45) is 17.8 Å². The van der Waals surface area contributed by atoms with Crippen LogP contribution in [0, 0.1) is 27.9 Å². The summed E-state index contributed by atoms with van der Waals surface area (Å²) < 4.78 is 6.64. The van der Waals surface area contributed by atoms with Crippen LogP contribution in [0.5, 0.6) is 5.75 Å². The molecule has 0 aromatic heterocycles. The molecule has 4 saturated carbocycles. The Hall–Kier alpha value is -4.31. The second kappa shape index (κ2) is 11.0.